The van der Waals surface area contributed by atoms with Crippen LogP contribution in [0.1, 0.15) is 40.0 Å². The van der Waals surface area contributed by atoms with Gasteiger partial charge in [-0.1, -0.05) is 13.8 Å². The summed E-state index contributed by atoms with van der Waals surface area (Å²) in [6.45, 7) is 6.89. The summed E-state index contributed by atoms with van der Waals surface area (Å²) in [5.74, 6) is 0. The van der Waals surface area contributed by atoms with Gasteiger partial charge >= 0.3 is 0 Å². The number of rotatable bonds is 0. The Morgan fingerprint density at radius 1 is 1.20 bits per heavy atom. The van der Waals surface area contributed by atoms with Gasteiger partial charge in [-0.25, -0.2) is 0 Å². The molecule has 2 atom stereocenters. The Hall–Kier alpha value is -0.0400. The number of fused-ring (bicyclic) bond motifs is 1. The largest absolute Gasteiger partial charge is 0.366 e. The third-order valence-electron chi connectivity index (χ3n) is 3.09. The van der Waals surface area contributed by atoms with Gasteiger partial charge in [-0.05, 0) is 31.6 Å². The fourth-order valence-corrected chi connectivity index (χ4v) is 2.44. The highest BCUT2D eigenvalue weighted by atomic mass is 16.6. The summed E-state index contributed by atoms with van der Waals surface area (Å²) >= 11 is 0. The summed E-state index contributed by atoms with van der Waals surface area (Å²) in [4.78, 5) is 0. The molecule has 10 heavy (non-hydrogen) atoms. The van der Waals surface area contributed by atoms with Crippen LogP contribution < -0.4 is 0 Å². The van der Waals surface area contributed by atoms with Gasteiger partial charge in [-0.2, -0.15) is 0 Å². The first-order valence-corrected chi connectivity index (χ1v) is 4.22. The molecule has 1 heteroatoms. The predicted octanol–water partition coefficient (Wildman–Crippen LogP) is 2.35. The highest BCUT2D eigenvalue weighted by Crippen LogP contribution is 2.55. The highest BCUT2D eigenvalue weighted by Gasteiger charge is 2.61. The molecule has 1 nitrogen and oxygen atoms in total. The molecule has 0 spiro atoms. The lowest BCUT2D eigenvalue weighted by Gasteiger charge is -2.28. The van der Waals surface area contributed by atoms with E-state index in [0.717, 1.165) is 0 Å². The van der Waals surface area contributed by atoms with Crippen LogP contribution in [0.2, 0.25) is 0 Å². The molecule has 58 valence electrons. The van der Waals surface area contributed by atoms with E-state index in [0.29, 0.717) is 11.5 Å². The molecule has 1 aliphatic carbocycles. The minimum Gasteiger partial charge on any atom is -0.366 e. The first-order chi connectivity index (χ1) is 4.55. The standard InChI is InChI=1S/C9H16O/c1-8(2)5-4-6-9(3)7(8)10-9/h7H,4-6H2,1-3H3. The lowest BCUT2D eigenvalue weighted by atomic mass is 9.73. The van der Waals surface area contributed by atoms with Gasteiger partial charge < -0.3 is 4.74 Å². The third-order valence-corrected chi connectivity index (χ3v) is 3.09. The number of ether oxygens (including phenoxy) is 1. The summed E-state index contributed by atoms with van der Waals surface area (Å²) in [5, 5.41) is 0. The smallest absolute Gasteiger partial charge is 0.0926 e. The Bertz CT molecular complexity index is 162. The molecule has 2 rings (SSSR count). The van der Waals surface area contributed by atoms with Crippen molar-refractivity contribution < 1.29 is 4.74 Å². The average molecular weight is 140 g/mol. The fourth-order valence-electron chi connectivity index (χ4n) is 2.44. The Balaban J connectivity index is 2.16. The second kappa shape index (κ2) is 1.58. The summed E-state index contributed by atoms with van der Waals surface area (Å²) in [5.41, 5.74) is 0.731. The first-order valence-electron chi connectivity index (χ1n) is 4.22. The maximum atomic E-state index is 5.68. The van der Waals surface area contributed by atoms with E-state index in [1.165, 1.54) is 19.3 Å². The lowest BCUT2D eigenvalue weighted by molar-refractivity contribution is 0.229. The van der Waals surface area contributed by atoms with Crippen molar-refractivity contribution in [1.29, 1.82) is 0 Å². The van der Waals surface area contributed by atoms with E-state index < -0.39 is 0 Å². The molecular formula is C9H16O. The zero-order valence-corrected chi connectivity index (χ0v) is 7.11. The molecule has 0 amide bonds. The number of hydrogen-bond acceptors (Lipinski definition) is 1. The zero-order chi connectivity index (χ0) is 7.41. The Labute approximate surface area is 62.8 Å². The molecule has 0 aromatic heterocycles. The van der Waals surface area contributed by atoms with Crippen LogP contribution in [-0.4, -0.2) is 11.7 Å². The van der Waals surface area contributed by atoms with Gasteiger partial charge in [-0.3, -0.25) is 0 Å². The van der Waals surface area contributed by atoms with Crippen LogP contribution in [0, 0.1) is 5.41 Å². The van der Waals surface area contributed by atoms with Crippen molar-refractivity contribution in [3.63, 3.8) is 0 Å². The van der Waals surface area contributed by atoms with Crippen molar-refractivity contribution in [1.82, 2.24) is 0 Å². The third kappa shape index (κ3) is 0.731. The van der Waals surface area contributed by atoms with Crippen molar-refractivity contribution in [2.24, 2.45) is 5.41 Å². The van der Waals surface area contributed by atoms with E-state index >= 15 is 0 Å². The monoisotopic (exact) mass is 140 g/mol. The SMILES string of the molecule is CC1(C)CCCC2(C)OC12. The second-order valence-corrected chi connectivity index (χ2v) is 4.65. The van der Waals surface area contributed by atoms with Gasteiger partial charge in [0.1, 0.15) is 0 Å². The molecule has 0 aromatic rings. The normalized spacial score (nSPS) is 50.1. The number of hydrogen-bond donors (Lipinski definition) is 0. The summed E-state index contributed by atoms with van der Waals surface area (Å²) in [7, 11) is 0. The maximum Gasteiger partial charge on any atom is 0.0926 e. The van der Waals surface area contributed by atoms with Crippen molar-refractivity contribution in [2.75, 3.05) is 0 Å². The lowest BCUT2D eigenvalue weighted by Crippen LogP contribution is -2.30. The van der Waals surface area contributed by atoms with E-state index in [-0.39, 0.29) is 5.60 Å². The first kappa shape index (κ1) is 6.66. The van der Waals surface area contributed by atoms with Gasteiger partial charge in [0.2, 0.25) is 0 Å². The Morgan fingerprint density at radius 3 is 2.40 bits per heavy atom. The molecule has 0 N–H and O–H groups in total. The summed E-state index contributed by atoms with van der Waals surface area (Å²) < 4.78 is 5.68. The van der Waals surface area contributed by atoms with Crippen LogP contribution in [0.15, 0.2) is 0 Å². The van der Waals surface area contributed by atoms with Gasteiger partial charge in [0, 0.05) is 0 Å². The van der Waals surface area contributed by atoms with Crippen LogP contribution in [0.5, 0.6) is 0 Å². The van der Waals surface area contributed by atoms with Crippen molar-refractivity contribution in [3.8, 4) is 0 Å². The molecule has 1 heterocycles. The second-order valence-electron chi connectivity index (χ2n) is 4.65. The van der Waals surface area contributed by atoms with E-state index in [2.05, 4.69) is 20.8 Å². The van der Waals surface area contributed by atoms with Crippen LogP contribution in [0.25, 0.3) is 0 Å². The fraction of sp³-hybridized carbons (Fsp3) is 1.00. The number of epoxide rings is 1. The predicted molar refractivity (Wildman–Crippen MR) is 40.9 cm³/mol. The minimum atomic E-state index is 0.280. The molecule has 0 bridgehead atoms. The molecule has 0 radical (unpaired) electrons. The van der Waals surface area contributed by atoms with Crippen molar-refractivity contribution in [3.05, 3.63) is 0 Å². The quantitative estimate of drug-likeness (QED) is 0.470. The zero-order valence-electron chi connectivity index (χ0n) is 7.11. The van der Waals surface area contributed by atoms with Gasteiger partial charge in [0.15, 0.2) is 0 Å². The Morgan fingerprint density at radius 2 is 1.90 bits per heavy atom. The molecule has 2 aliphatic rings. The average Bonchev–Trinajstić information content (AvgIpc) is 2.41. The van der Waals surface area contributed by atoms with E-state index in [9.17, 15) is 0 Å². The van der Waals surface area contributed by atoms with Gasteiger partial charge in [-0.15, -0.1) is 0 Å². The highest BCUT2D eigenvalue weighted by molar-refractivity contribution is 5.09. The summed E-state index contributed by atoms with van der Waals surface area (Å²) in [6.07, 6.45) is 4.53. The Kier molecular flexibility index (Phi) is 1.05. The molecule has 2 unspecified atom stereocenters. The van der Waals surface area contributed by atoms with Gasteiger partial charge in [0.25, 0.3) is 0 Å². The van der Waals surface area contributed by atoms with Crippen molar-refractivity contribution >= 4 is 0 Å². The molecule has 2 fully saturated rings. The van der Waals surface area contributed by atoms with Crippen LogP contribution in [0.3, 0.4) is 0 Å². The molecular weight excluding hydrogens is 124 g/mol. The van der Waals surface area contributed by atoms with Crippen LogP contribution in [-0.2, 0) is 4.74 Å². The van der Waals surface area contributed by atoms with Crippen LogP contribution in [0.4, 0.5) is 0 Å². The van der Waals surface area contributed by atoms with Crippen molar-refractivity contribution in [2.45, 2.75) is 51.7 Å². The van der Waals surface area contributed by atoms with E-state index in [1.54, 1.807) is 0 Å². The summed E-state index contributed by atoms with van der Waals surface area (Å²) in [6, 6.07) is 0. The maximum absolute atomic E-state index is 5.68. The molecule has 0 aromatic carbocycles. The molecule has 1 saturated heterocycles. The van der Waals surface area contributed by atoms with E-state index in [4.69, 9.17) is 4.74 Å². The topological polar surface area (TPSA) is 12.5 Å². The van der Waals surface area contributed by atoms with Gasteiger partial charge in [0.05, 0.1) is 11.7 Å². The molecule has 1 saturated carbocycles. The molecule has 1 aliphatic heterocycles. The minimum absolute atomic E-state index is 0.280. The van der Waals surface area contributed by atoms with Crippen LogP contribution >= 0.6 is 0 Å². The van der Waals surface area contributed by atoms with E-state index in [1.807, 2.05) is 0 Å².